The smallest absolute Gasteiger partial charge is 0.228 e. The van der Waals surface area contributed by atoms with Crippen molar-refractivity contribution in [3.63, 3.8) is 0 Å². The minimum atomic E-state index is 0.0532. The van der Waals surface area contributed by atoms with Gasteiger partial charge in [0.1, 0.15) is 0 Å². The van der Waals surface area contributed by atoms with Crippen LogP contribution in [0.2, 0.25) is 0 Å². The molecule has 2 aromatic carbocycles. The molecule has 0 aromatic heterocycles. The van der Waals surface area contributed by atoms with E-state index in [9.17, 15) is 9.59 Å². The molecular formula is C24H31N3O2. The first-order valence-electron chi connectivity index (χ1n) is 10.4. The Hall–Kier alpha value is -2.66. The molecule has 1 aliphatic heterocycles. The van der Waals surface area contributed by atoms with Crippen LogP contribution in [-0.2, 0) is 22.4 Å². The van der Waals surface area contributed by atoms with Gasteiger partial charge >= 0.3 is 0 Å². The number of rotatable bonds is 9. The molecule has 0 saturated heterocycles. The highest BCUT2D eigenvalue weighted by atomic mass is 16.2. The molecule has 0 unspecified atom stereocenters. The summed E-state index contributed by atoms with van der Waals surface area (Å²) in [6.07, 6.45) is 2.72. The first-order valence-corrected chi connectivity index (χ1v) is 10.4. The molecule has 1 heterocycles. The van der Waals surface area contributed by atoms with Crippen LogP contribution in [-0.4, -0.2) is 43.4 Å². The van der Waals surface area contributed by atoms with Gasteiger partial charge in [0.2, 0.25) is 11.8 Å². The van der Waals surface area contributed by atoms with Gasteiger partial charge in [-0.3, -0.25) is 9.59 Å². The van der Waals surface area contributed by atoms with Crippen molar-refractivity contribution in [3.8, 4) is 0 Å². The normalized spacial score (nSPS) is 15.0. The third kappa shape index (κ3) is 5.67. The van der Waals surface area contributed by atoms with Gasteiger partial charge in [0.25, 0.3) is 0 Å². The fourth-order valence-corrected chi connectivity index (χ4v) is 3.87. The first-order chi connectivity index (χ1) is 14.0. The highest BCUT2D eigenvalue weighted by Gasteiger charge is 2.20. The van der Waals surface area contributed by atoms with Crippen molar-refractivity contribution in [1.82, 2.24) is 10.2 Å². The second-order valence-electron chi connectivity index (χ2n) is 8.06. The van der Waals surface area contributed by atoms with Crippen molar-refractivity contribution in [2.45, 2.75) is 44.6 Å². The fraction of sp³-hybridized carbons (Fsp3) is 0.417. The van der Waals surface area contributed by atoms with E-state index in [1.54, 1.807) is 0 Å². The largest absolute Gasteiger partial charge is 0.355 e. The average Bonchev–Trinajstić information content (AvgIpc) is 3.09. The number of nitrogens with zero attached hydrogens (tertiary/aromatic N) is 1. The molecule has 0 radical (unpaired) electrons. The Balaban J connectivity index is 1.56. The van der Waals surface area contributed by atoms with Crippen LogP contribution < -0.4 is 10.6 Å². The molecular weight excluding hydrogens is 362 g/mol. The Morgan fingerprint density at radius 2 is 1.93 bits per heavy atom. The zero-order valence-corrected chi connectivity index (χ0v) is 17.6. The topological polar surface area (TPSA) is 61.4 Å². The van der Waals surface area contributed by atoms with Crippen LogP contribution >= 0.6 is 0 Å². The van der Waals surface area contributed by atoms with Gasteiger partial charge in [-0.15, -0.1) is 0 Å². The number of carbonyl (C=O) groups is 2. The molecule has 0 aliphatic carbocycles. The summed E-state index contributed by atoms with van der Waals surface area (Å²) in [4.78, 5) is 26.3. The minimum Gasteiger partial charge on any atom is -0.355 e. The molecule has 2 N–H and O–H groups in total. The molecule has 2 atom stereocenters. The Morgan fingerprint density at radius 3 is 2.62 bits per heavy atom. The number of carbonyl (C=O) groups excluding carboxylic acids is 2. The number of hydrogen-bond donors (Lipinski definition) is 2. The predicted octanol–water partition coefficient (Wildman–Crippen LogP) is 3.35. The maximum Gasteiger partial charge on any atom is 0.228 e. The van der Waals surface area contributed by atoms with E-state index >= 15 is 0 Å². The molecule has 5 heteroatoms. The van der Waals surface area contributed by atoms with Crippen molar-refractivity contribution in [2.75, 3.05) is 26.0 Å². The summed E-state index contributed by atoms with van der Waals surface area (Å²) >= 11 is 0. The molecule has 0 saturated carbocycles. The lowest BCUT2D eigenvalue weighted by Gasteiger charge is -2.25. The van der Waals surface area contributed by atoms with Crippen molar-refractivity contribution >= 4 is 17.5 Å². The van der Waals surface area contributed by atoms with Crippen LogP contribution in [0, 0.1) is 0 Å². The lowest BCUT2D eigenvalue weighted by atomic mass is 9.93. The van der Waals surface area contributed by atoms with Gasteiger partial charge in [0.15, 0.2) is 0 Å². The van der Waals surface area contributed by atoms with E-state index < -0.39 is 0 Å². The predicted molar refractivity (Wildman–Crippen MR) is 117 cm³/mol. The van der Waals surface area contributed by atoms with Crippen molar-refractivity contribution in [2.24, 2.45) is 0 Å². The van der Waals surface area contributed by atoms with Crippen molar-refractivity contribution in [3.05, 3.63) is 65.2 Å². The molecule has 29 heavy (non-hydrogen) atoms. The lowest BCUT2D eigenvalue weighted by molar-refractivity contribution is -0.121. The number of nitrogens with one attached hydrogen (secondary N) is 2. The molecule has 154 valence electrons. The van der Waals surface area contributed by atoms with Gasteiger partial charge < -0.3 is 15.5 Å². The molecule has 0 bridgehead atoms. The molecule has 1 aliphatic rings. The van der Waals surface area contributed by atoms with Crippen LogP contribution in [0.5, 0.6) is 0 Å². The number of hydrogen-bond acceptors (Lipinski definition) is 3. The zero-order chi connectivity index (χ0) is 20.8. The van der Waals surface area contributed by atoms with Crippen LogP contribution in [0.1, 0.15) is 42.4 Å². The SMILES string of the molecule is CC[C@@H](CC(=O)NC[C@H](Cc1ccc2c(c1)CC(=O)N2)N(C)C)c1ccccc1. The summed E-state index contributed by atoms with van der Waals surface area (Å²) in [5.74, 6) is 0.393. The maximum atomic E-state index is 12.6. The second kappa shape index (κ2) is 9.70. The number of amides is 2. The Kier molecular flexibility index (Phi) is 7.04. The highest BCUT2D eigenvalue weighted by molar-refractivity contribution is 5.99. The Bertz CT molecular complexity index is 848. The van der Waals surface area contributed by atoms with Crippen LogP contribution in [0.25, 0.3) is 0 Å². The van der Waals surface area contributed by atoms with Gasteiger partial charge in [-0.25, -0.2) is 0 Å². The summed E-state index contributed by atoms with van der Waals surface area (Å²) in [5.41, 5.74) is 4.38. The lowest BCUT2D eigenvalue weighted by Crippen LogP contribution is -2.41. The van der Waals surface area contributed by atoms with Gasteiger partial charge in [0, 0.05) is 24.7 Å². The monoisotopic (exact) mass is 393 g/mol. The van der Waals surface area contributed by atoms with Crippen molar-refractivity contribution < 1.29 is 9.59 Å². The Morgan fingerprint density at radius 1 is 1.17 bits per heavy atom. The van der Waals surface area contributed by atoms with Gasteiger partial charge in [-0.05, 0) is 55.6 Å². The third-order valence-corrected chi connectivity index (χ3v) is 5.73. The number of anilines is 1. The van der Waals surface area contributed by atoms with Crippen molar-refractivity contribution in [1.29, 1.82) is 0 Å². The number of fused-ring (bicyclic) bond motifs is 1. The number of likely N-dealkylation sites (N-methyl/N-ethyl adjacent to an activating group) is 1. The van der Waals surface area contributed by atoms with E-state index in [0.717, 1.165) is 24.1 Å². The van der Waals surface area contributed by atoms with Crippen LogP contribution in [0.4, 0.5) is 5.69 Å². The third-order valence-electron chi connectivity index (χ3n) is 5.73. The quantitative estimate of drug-likeness (QED) is 0.687. The van der Waals surface area contributed by atoms with E-state index in [-0.39, 0.29) is 23.8 Å². The minimum absolute atomic E-state index is 0.0532. The van der Waals surface area contributed by atoms with E-state index in [4.69, 9.17) is 0 Å². The molecule has 0 spiro atoms. The fourth-order valence-electron chi connectivity index (χ4n) is 3.87. The molecule has 2 aromatic rings. The maximum absolute atomic E-state index is 12.6. The van der Waals surface area contributed by atoms with E-state index in [2.05, 4.69) is 46.7 Å². The van der Waals surface area contributed by atoms with E-state index in [0.29, 0.717) is 19.4 Å². The average molecular weight is 394 g/mol. The van der Waals surface area contributed by atoms with Crippen LogP contribution in [0.15, 0.2) is 48.5 Å². The van der Waals surface area contributed by atoms with Crippen LogP contribution in [0.3, 0.4) is 0 Å². The summed E-state index contributed by atoms with van der Waals surface area (Å²) in [5, 5.41) is 6.00. The summed E-state index contributed by atoms with van der Waals surface area (Å²) < 4.78 is 0. The van der Waals surface area contributed by atoms with Gasteiger partial charge in [-0.1, -0.05) is 49.4 Å². The Labute approximate surface area is 173 Å². The molecule has 3 rings (SSSR count). The molecule has 0 fully saturated rings. The van der Waals surface area contributed by atoms with E-state index in [1.807, 2.05) is 38.4 Å². The number of benzene rings is 2. The summed E-state index contributed by atoms with van der Waals surface area (Å²) in [6, 6.07) is 16.6. The van der Waals surface area contributed by atoms with E-state index in [1.165, 1.54) is 11.1 Å². The summed E-state index contributed by atoms with van der Waals surface area (Å²) in [6.45, 7) is 2.73. The second-order valence-corrected chi connectivity index (χ2v) is 8.06. The van der Waals surface area contributed by atoms with Gasteiger partial charge in [0.05, 0.1) is 6.42 Å². The molecule has 2 amide bonds. The summed E-state index contributed by atoms with van der Waals surface area (Å²) in [7, 11) is 4.07. The van der Waals surface area contributed by atoms with Gasteiger partial charge in [-0.2, -0.15) is 0 Å². The first kappa shape index (κ1) is 21.1. The zero-order valence-electron chi connectivity index (χ0n) is 17.6. The molecule has 5 nitrogen and oxygen atoms in total. The standard InChI is InChI=1S/C24H31N3O2/c1-4-18(19-8-6-5-7-9-19)14-23(28)25-16-21(27(2)3)13-17-10-11-22-20(12-17)15-24(29)26-22/h5-12,18,21H,4,13-16H2,1-3H3,(H,25,28)(H,26,29)/t18-,21-/m0/s1. The highest BCUT2D eigenvalue weighted by Crippen LogP contribution is 2.25.